The molecule has 5 atom stereocenters. The monoisotopic (exact) mass is 580 g/mol. The van der Waals surface area contributed by atoms with Crippen LogP contribution in [0.4, 0.5) is 18.9 Å². The van der Waals surface area contributed by atoms with Crippen molar-refractivity contribution >= 4 is 46.3 Å². The van der Waals surface area contributed by atoms with Crippen molar-refractivity contribution < 1.29 is 22.7 Å². The van der Waals surface area contributed by atoms with Crippen molar-refractivity contribution in [1.29, 1.82) is 0 Å². The number of ether oxygens (including phenoxy) is 1. The Hall–Kier alpha value is -2.43. The molecule has 1 aromatic heterocycles. The lowest BCUT2D eigenvalue weighted by Crippen LogP contribution is -2.34. The third-order valence-corrected chi connectivity index (χ3v) is 11.2. The molecule has 5 nitrogen and oxygen atoms in total. The van der Waals surface area contributed by atoms with Gasteiger partial charge >= 0.3 is 11.0 Å². The van der Waals surface area contributed by atoms with Crippen molar-refractivity contribution in [1.82, 2.24) is 4.57 Å². The summed E-state index contributed by atoms with van der Waals surface area (Å²) in [6.45, 7) is -0.301. The molecule has 0 unspecified atom stereocenters. The number of fused-ring (bicyclic) bond motifs is 6. The van der Waals surface area contributed by atoms with Crippen molar-refractivity contribution in [3.63, 3.8) is 0 Å². The lowest BCUT2D eigenvalue weighted by atomic mass is 9.75. The first-order chi connectivity index (χ1) is 18.1. The molecule has 2 saturated carbocycles. The Morgan fingerprint density at radius 2 is 1.89 bits per heavy atom. The third-order valence-electron chi connectivity index (χ3n) is 8.04. The van der Waals surface area contributed by atoms with Gasteiger partial charge in [0.1, 0.15) is 12.3 Å². The van der Waals surface area contributed by atoms with Gasteiger partial charge in [0.15, 0.2) is 0 Å². The Kier molecular flexibility index (Phi) is 6.55. The Balaban J connectivity index is 1.33. The number of methoxy groups -OCH3 is 1. The number of nitrogens with zero attached hydrogens (tertiary/aromatic N) is 1. The maximum Gasteiger partial charge on any atom is 0.416 e. The van der Waals surface area contributed by atoms with Crippen LogP contribution < -0.4 is 14.9 Å². The van der Waals surface area contributed by atoms with Gasteiger partial charge in [-0.05, 0) is 72.9 Å². The smallest absolute Gasteiger partial charge is 0.416 e. The molecule has 1 aliphatic heterocycles. The van der Waals surface area contributed by atoms with Gasteiger partial charge in [0, 0.05) is 16.0 Å². The van der Waals surface area contributed by atoms with E-state index in [0.717, 1.165) is 50.8 Å². The molecule has 1 N–H and O–H groups in total. The number of thiazole rings is 1. The van der Waals surface area contributed by atoms with Gasteiger partial charge in [0.2, 0.25) is 5.91 Å². The van der Waals surface area contributed by atoms with Crippen molar-refractivity contribution in [3.8, 4) is 5.75 Å². The SMILES string of the molecule is COc1ccc([C@@H]2c3sc(=O)n(CC(=O)Nc4cc(C(F)(F)F)ccc4Cl)c3S[C@H]3[C@@H]4CC[C@H](C4)[C@H]23)cc1. The van der Waals surface area contributed by atoms with Crippen LogP contribution in [0.25, 0.3) is 0 Å². The summed E-state index contributed by atoms with van der Waals surface area (Å²) in [5.74, 6) is 1.81. The normalized spacial score (nSPS) is 25.7. The van der Waals surface area contributed by atoms with E-state index in [2.05, 4.69) is 17.4 Å². The summed E-state index contributed by atoms with van der Waals surface area (Å²) >= 11 is 8.92. The van der Waals surface area contributed by atoms with Crippen LogP contribution in [0.15, 0.2) is 52.3 Å². The Morgan fingerprint density at radius 3 is 2.61 bits per heavy atom. The number of hydrogen-bond donors (Lipinski definition) is 1. The Morgan fingerprint density at radius 1 is 1.16 bits per heavy atom. The van der Waals surface area contributed by atoms with E-state index in [1.54, 1.807) is 18.9 Å². The molecule has 2 aliphatic carbocycles. The third kappa shape index (κ3) is 4.44. The maximum absolute atomic E-state index is 13.2. The van der Waals surface area contributed by atoms with Crippen LogP contribution in [0.1, 0.15) is 41.2 Å². The fourth-order valence-corrected chi connectivity index (χ4v) is 9.72. The molecule has 11 heteroatoms. The van der Waals surface area contributed by atoms with E-state index in [1.807, 2.05) is 12.1 Å². The molecule has 2 heterocycles. The van der Waals surface area contributed by atoms with E-state index in [4.69, 9.17) is 16.3 Å². The first kappa shape index (κ1) is 25.8. The fourth-order valence-electron chi connectivity index (χ4n) is 6.40. The number of nitrogens with one attached hydrogen (secondary N) is 1. The highest BCUT2D eigenvalue weighted by atomic mass is 35.5. The summed E-state index contributed by atoms with van der Waals surface area (Å²) < 4.78 is 46.3. The number of hydrogen-bond acceptors (Lipinski definition) is 5. The molecule has 3 aliphatic rings. The average molecular weight is 581 g/mol. The van der Waals surface area contributed by atoms with E-state index in [0.29, 0.717) is 23.0 Å². The highest BCUT2D eigenvalue weighted by Gasteiger charge is 2.55. The minimum absolute atomic E-state index is 0.00943. The number of carbonyl (C=O) groups is 1. The molecule has 0 spiro atoms. The predicted octanol–water partition coefficient (Wildman–Crippen LogP) is 6.88. The van der Waals surface area contributed by atoms with Crippen LogP contribution in [0.5, 0.6) is 5.75 Å². The molecule has 2 fully saturated rings. The van der Waals surface area contributed by atoms with Crippen molar-refractivity contribution in [2.45, 2.75) is 48.2 Å². The number of thioether (sulfide) groups is 1. The second-order valence-electron chi connectivity index (χ2n) is 10.1. The minimum atomic E-state index is -4.57. The van der Waals surface area contributed by atoms with Crippen molar-refractivity contribution in [2.24, 2.45) is 17.8 Å². The number of alkyl halides is 3. The summed E-state index contributed by atoms with van der Waals surface area (Å²) in [6, 6.07) is 10.8. The van der Waals surface area contributed by atoms with Crippen LogP contribution in [0.2, 0.25) is 5.02 Å². The van der Waals surface area contributed by atoms with Crippen LogP contribution >= 0.6 is 34.7 Å². The van der Waals surface area contributed by atoms with Gasteiger partial charge in [-0.15, -0.1) is 11.8 Å². The second-order valence-corrected chi connectivity index (χ2v) is 12.7. The predicted molar refractivity (Wildman–Crippen MR) is 142 cm³/mol. The van der Waals surface area contributed by atoms with E-state index in [-0.39, 0.29) is 28.0 Å². The zero-order chi connectivity index (χ0) is 26.8. The summed E-state index contributed by atoms with van der Waals surface area (Å²) in [4.78, 5) is 26.9. The number of carbonyl (C=O) groups excluding carboxylic acids is 1. The molecular weight excluding hydrogens is 557 g/mol. The fraction of sp³-hybridized carbons (Fsp3) is 0.407. The van der Waals surface area contributed by atoms with Crippen LogP contribution in [-0.2, 0) is 17.5 Å². The first-order valence-electron chi connectivity index (χ1n) is 12.3. The quantitative estimate of drug-likeness (QED) is 0.357. The van der Waals surface area contributed by atoms with Crippen LogP contribution in [0.3, 0.4) is 0 Å². The molecule has 2 bridgehead atoms. The number of benzene rings is 2. The highest BCUT2D eigenvalue weighted by molar-refractivity contribution is 8.00. The largest absolute Gasteiger partial charge is 0.497 e. The lowest BCUT2D eigenvalue weighted by Gasteiger charge is -2.40. The van der Waals surface area contributed by atoms with Gasteiger partial charge in [-0.2, -0.15) is 13.2 Å². The van der Waals surface area contributed by atoms with Crippen LogP contribution in [0, 0.1) is 17.8 Å². The van der Waals surface area contributed by atoms with Gasteiger partial charge in [0.05, 0.1) is 28.4 Å². The maximum atomic E-state index is 13.2. The van der Waals surface area contributed by atoms with Gasteiger partial charge in [0.25, 0.3) is 0 Å². The van der Waals surface area contributed by atoms with E-state index in [1.165, 1.54) is 23.8 Å². The minimum Gasteiger partial charge on any atom is -0.497 e. The molecule has 200 valence electrons. The Labute approximate surface area is 230 Å². The molecule has 3 aromatic rings. The van der Waals surface area contributed by atoms with Gasteiger partial charge in [-0.25, -0.2) is 0 Å². The summed E-state index contributed by atoms with van der Waals surface area (Å²) in [6.07, 6.45) is -1.02. The summed E-state index contributed by atoms with van der Waals surface area (Å²) in [7, 11) is 1.62. The highest BCUT2D eigenvalue weighted by Crippen LogP contribution is 2.64. The Bertz CT molecular complexity index is 1450. The van der Waals surface area contributed by atoms with E-state index < -0.39 is 17.6 Å². The summed E-state index contributed by atoms with van der Waals surface area (Å²) in [5, 5.41) is 3.61. The standard InChI is InChI=1S/C27H24ClF3N2O3S2/c1-36-17-7-4-13(5-8-17)21-22-14-2-3-15(10-14)23(22)37-25-24(21)38-26(35)33(25)12-20(34)32-19-11-16(27(29,30)31)6-9-18(19)28/h4-9,11,14-15,21-23H,2-3,10,12H2,1H3,(H,32,34)/t14-,15-,21+,22-,23+/m1/s1. The molecule has 0 saturated heterocycles. The first-order valence-corrected chi connectivity index (χ1v) is 14.4. The summed E-state index contributed by atoms with van der Waals surface area (Å²) in [5.41, 5.74) is 0.0755. The molecule has 38 heavy (non-hydrogen) atoms. The number of amides is 1. The lowest BCUT2D eigenvalue weighted by molar-refractivity contribution is -0.137. The zero-order valence-electron chi connectivity index (χ0n) is 20.3. The van der Waals surface area contributed by atoms with Crippen molar-refractivity contribution in [2.75, 3.05) is 12.4 Å². The van der Waals surface area contributed by atoms with E-state index in [9.17, 15) is 22.8 Å². The number of aromatic nitrogens is 1. The van der Waals surface area contributed by atoms with Gasteiger partial charge < -0.3 is 10.1 Å². The van der Waals surface area contributed by atoms with E-state index >= 15 is 0 Å². The average Bonchev–Trinajstić information content (AvgIpc) is 3.58. The number of anilines is 1. The van der Waals surface area contributed by atoms with Crippen LogP contribution in [-0.4, -0.2) is 22.8 Å². The molecular formula is C27H24ClF3N2O3S2. The number of rotatable bonds is 5. The molecule has 0 radical (unpaired) electrons. The molecule has 2 aromatic carbocycles. The topological polar surface area (TPSA) is 60.3 Å². The molecule has 6 rings (SSSR count). The molecule has 1 amide bonds. The second kappa shape index (κ2) is 9.64. The van der Waals surface area contributed by atoms with Gasteiger partial charge in [-0.1, -0.05) is 35.1 Å². The number of halogens is 4. The zero-order valence-corrected chi connectivity index (χ0v) is 22.6. The van der Waals surface area contributed by atoms with Crippen molar-refractivity contribution in [3.05, 3.63) is 73.2 Å². The van der Waals surface area contributed by atoms with Gasteiger partial charge in [-0.3, -0.25) is 14.2 Å².